The molecule has 0 aliphatic carbocycles. The molecule has 0 unspecified atom stereocenters. The lowest BCUT2D eigenvalue weighted by molar-refractivity contribution is 0.105. The second-order valence-corrected chi connectivity index (χ2v) is 6.56. The highest BCUT2D eigenvalue weighted by molar-refractivity contribution is 7.89. The van der Waals surface area contributed by atoms with Gasteiger partial charge >= 0.3 is 0 Å². The van der Waals surface area contributed by atoms with E-state index in [4.69, 9.17) is 4.74 Å². The molecular weight excluding hydrogens is 294 g/mol. The summed E-state index contributed by atoms with van der Waals surface area (Å²) in [6.07, 6.45) is 1.14. The van der Waals surface area contributed by atoms with Gasteiger partial charge in [0.15, 0.2) is 0 Å². The van der Waals surface area contributed by atoms with Crippen molar-refractivity contribution >= 4 is 10.0 Å². The predicted octanol–water partition coefficient (Wildman–Crippen LogP) is 0.887. The maximum atomic E-state index is 12.3. The summed E-state index contributed by atoms with van der Waals surface area (Å²) < 4.78 is 32.3. The van der Waals surface area contributed by atoms with E-state index in [0.717, 1.165) is 6.42 Å². The first-order valence-corrected chi connectivity index (χ1v) is 8.40. The van der Waals surface area contributed by atoms with Gasteiger partial charge in [-0.15, -0.1) is 0 Å². The molecule has 0 amide bonds. The van der Waals surface area contributed by atoms with Crippen molar-refractivity contribution in [2.75, 3.05) is 19.8 Å². The predicted molar refractivity (Wildman–Crippen MR) is 79.7 cm³/mol. The van der Waals surface area contributed by atoms with Crippen molar-refractivity contribution in [1.29, 1.82) is 0 Å². The van der Waals surface area contributed by atoms with Gasteiger partial charge < -0.3 is 14.9 Å². The molecule has 0 atom stereocenters. The van der Waals surface area contributed by atoms with Gasteiger partial charge in [-0.25, -0.2) is 13.1 Å². The van der Waals surface area contributed by atoms with E-state index in [9.17, 15) is 18.6 Å². The van der Waals surface area contributed by atoms with E-state index in [1.165, 1.54) is 12.1 Å². The minimum Gasteiger partial charge on any atom is -0.494 e. The Balaban J connectivity index is 2.92. The average molecular weight is 317 g/mol. The van der Waals surface area contributed by atoms with Gasteiger partial charge in [-0.1, -0.05) is 13.8 Å². The van der Waals surface area contributed by atoms with E-state index in [1.54, 1.807) is 19.1 Å². The zero-order valence-corrected chi connectivity index (χ0v) is 13.2. The monoisotopic (exact) mass is 317 g/mol. The van der Waals surface area contributed by atoms with Crippen molar-refractivity contribution < 1.29 is 23.4 Å². The molecule has 120 valence electrons. The molecule has 0 saturated carbocycles. The van der Waals surface area contributed by atoms with Crippen molar-refractivity contribution in [3.8, 4) is 5.75 Å². The van der Waals surface area contributed by atoms with Crippen LogP contribution < -0.4 is 9.46 Å². The highest BCUT2D eigenvalue weighted by atomic mass is 32.2. The second-order valence-electron chi connectivity index (χ2n) is 4.88. The normalized spacial score (nSPS) is 12.4. The maximum Gasteiger partial charge on any atom is 0.241 e. The van der Waals surface area contributed by atoms with E-state index in [0.29, 0.717) is 12.4 Å². The van der Waals surface area contributed by atoms with Crippen LogP contribution in [0.2, 0.25) is 0 Å². The van der Waals surface area contributed by atoms with Crippen LogP contribution in [0, 0.1) is 0 Å². The molecule has 0 aliphatic heterocycles. The minimum atomic E-state index is -3.82. The summed E-state index contributed by atoms with van der Waals surface area (Å²) in [5.41, 5.74) is -1.25. The SMILES string of the molecule is CCCOc1ccc(S(=O)(=O)NC(CC)(CO)CO)cc1. The third-order valence-electron chi connectivity index (χ3n) is 3.24. The Kier molecular flexibility index (Phi) is 6.60. The molecule has 0 aromatic heterocycles. The molecule has 0 saturated heterocycles. The molecule has 0 fully saturated rings. The van der Waals surface area contributed by atoms with Crippen LogP contribution in [0.25, 0.3) is 0 Å². The van der Waals surface area contributed by atoms with Crippen LogP contribution in [-0.2, 0) is 10.0 Å². The lowest BCUT2D eigenvalue weighted by Gasteiger charge is -2.29. The number of ether oxygens (including phenoxy) is 1. The van der Waals surface area contributed by atoms with E-state index >= 15 is 0 Å². The molecule has 1 rings (SSSR count). The molecule has 0 aliphatic rings. The number of sulfonamides is 1. The second kappa shape index (κ2) is 7.74. The summed E-state index contributed by atoms with van der Waals surface area (Å²) in [4.78, 5) is 0.0612. The first kappa shape index (κ1) is 17.9. The Morgan fingerprint density at radius 2 is 1.71 bits per heavy atom. The molecule has 21 heavy (non-hydrogen) atoms. The zero-order chi connectivity index (χ0) is 15.9. The van der Waals surface area contributed by atoms with Crippen LogP contribution in [0.3, 0.4) is 0 Å². The topological polar surface area (TPSA) is 95.9 Å². The Morgan fingerprint density at radius 3 is 2.14 bits per heavy atom. The van der Waals surface area contributed by atoms with Gasteiger partial charge in [-0.3, -0.25) is 0 Å². The van der Waals surface area contributed by atoms with Crippen LogP contribution in [0.1, 0.15) is 26.7 Å². The van der Waals surface area contributed by atoms with Gasteiger partial charge in [0.2, 0.25) is 10.0 Å². The van der Waals surface area contributed by atoms with E-state index in [-0.39, 0.29) is 11.3 Å². The molecular formula is C14H23NO5S. The van der Waals surface area contributed by atoms with Gasteiger partial charge in [0.05, 0.1) is 30.3 Å². The number of aliphatic hydroxyl groups is 2. The lowest BCUT2D eigenvalue weighted by atomic mass is 10.0. The summed E-state index contributed by atoms with van der Waals surface area (Å²) in [5, 5.41) is 18.6. The summed E-state index contributed by atoms with van der Waals surface area (Å²) in [6.45, 7) is 3.29. The lowest BCUT2D eigenvalue weighted by Crippen LogP contribution is -2.53. The molecule has 6 nitrogen and oxygen atoms in total. The minimum absolute atomic E-state index is 0.0612. The number of hydrogen-bond donors (Lipinski definition) is 3. The quantitative estimate of drug-likeness (QED) is 0.628. The third kappa shape index (κ3) is 4.67. The average Bonchev–Trinajstić information content (AvgIpc) is 2.51. The maximum absolute atomic E-state index is 12.3. The molecule has 1 aromatic rings. The standard InChI is InChI=1S/C14H23NO5S/c1-3-9-20-12-5-7-13(8-6-12)21(18,19)15-14(4-2,10-16)11-17/h5-8,15-17H,3-4,9-11H2,1-2H3. The molecule has 1 aromatic carbocycles. The molecule has 7 heteroatoms. The van der Waals surface area contributed by atoms with Crippen molar-refractivity contribution in [2.24, 2.45) is 0 Å². The fourth-order valence-corrected chi connectivity index (χ4v) is 3.14. The number of rotatable bonds is 9. The summed E-state index contributed by atoms with van der Waals surface area (Å²) in [6, 6.07) is 6.02. The molecule has 0 bridgehead atoms. The third-order valence-corrected chi connectivity index (χ3v) is 4.83. The summed E-state index contributed by atoms with van der Waals surface area (Å²) in [7, 11) is -3.82. The van der Waals surface area contributed by atoms with Crippen LogP contribution in [0.15, 0.2) is 29.2 Å². The fraction of sp³-hybridized carbons (Fsp3) is 0.571. The van der Waals surface area contributed by atoms with Gasteiger partial charge in [0.25, 0.3) is 0 Å². The van der Waals surface area contributed by atoms with Crippen molar-refractivity contribution in [3.05, 3.63) is 24.3 Å². The molecule has 0 spiro atoms. The van der Waals surface area contributed by atoms with E-state index in [1.807, 2.05) is 6.92 Å². The van der Waals surface area contributed by atoms with Gasteiger partial charge in [0.1, 0.15) is 5.75 Å². The van der Waals surface area contributed by atoms with Crippen LogP contribution in [0.4, 0.5) is 0 Å². The molecule has 0 radical (unpaired) electrons. The van der Waals surface area contributed by atoms with E-state index in [2.05, 4.69) is 4.72 Å². The molecule has 3 N–H and O–H groups in total. The van der Waals surface area contributed by atoms with Crippen molar-refractivity contribution in [3.63, 3.8) is 0 Å². The summed E-state index contributed by atoms with van der Waals surface area (Å²) in [5.74, 6) is 0.599. The molecule has 0 heterocycles. The number of benzene rings is 1. The Labute approximate surface area is 125 Å². The van der Waals surface area contributed by atoms with Crippen LogP contribution >= 0.6 is 0 Å². The van der Waals surface area contributed by atoms with Gasteiger partial charge in [0, 0.05) is 0 Å². The van der Waals surface area contributed by atoms with E-state index < -0.39 is 28.8 Å². The van der Waals surface area contributed by atoms with Crippen LogP contribution in [-0.4, -0.2) is 44.0 Å². The number of hydrogen-bond acceptors (Lipinski definition) is 5. The van der Waals surface area contributed by atoms with Crippen molar-refractivity contribution in [1.82, 2.24) is 4.72 Å². The van der Waals surface area contributed by atoms with Crippen LogP contribution in [0.5, 0.6) is 5.75 Å². The Bertz CT molecular complexity index is 515. The number of aliphatic hydroxyl groups excluding tert-OH is 2. The smallest absolute Gasteiger partial charge is 0.241 e. The van der Waals surface area contributed by atoms with Gasteiger partial charge in [-0.05, 0) is 37.1 Å². The highest BCUT2D eigenvalue weighted by Gasteiger charge is 2.32. The zero-order valence-electron chi connectivity index (χ0n) is 12.4. The van der Waals surface area contributed by atoms with Crippen molar-refractivity contribution in [2.45, 2.75) is 37.1 Å². The highest BCUT2D eigenvalue weighted by Crippen LogP contribution is 2.19. The fourth-order valence-electron chi connectivity index (χ4n) is 1.69. The Morgan fingerprint density at radius 1 is 1.14 bits per heavy atom. The van der Waals surface area contributed by atoms with Gasteiger partial charge in [-0.2, -0.15) is 0 Å². The summed E-state index contributed by atoms with van der Waals surface area (Å²) >= 11 is 0. The number of nitrogens with one attached hydrogen (secondary N) is 1. The first-order valence-electron chi connectivity index (χ1n) is 6.91. The Hall–Kier alpha value is -1.15. The first-order chi connectivity index (χ1) is 9.93. The largest absolute Gasteiger partial charge is 0.494 e.